The lowest BCUT2D eigenvalue weighted by molar-refractivity contribution is -0.136. The lowest BCUT2D eigenvalue weighted by Crippen LogP contribution is -2.18. The van der Waals surface area contributed by atoms with Gasteiger partial charge in [-0.25, -0.2) is 0 Å². The van der Waals surface area contributed by atoms with Crippen LogP contribution >= 0.6 is 0 Å². The Kier molecular flexibility index (Phi) is 6.06. The zero-order chi connectivity index (χ0) is 26.5. The van der Waals surface area contributed by atoms with E-state index in [9.17, 15) is 18.3 Å². The maximum absolute atomic E-state index is 13.5. The Bertz CT molecular complexity index is 1560. The minimum absolute atomic E-state index is 0.207. The van der Waals surface area contributed by atoms with Crippen molar-refractivity contribution in [1.82, 2.24) is 19.7 Å². The highest BCUT2D eigenvalue weighted by Crippen LogP contribution is 2.40. The number of benzene rings is 1. The average Bonchev–Trinajstić information content (AvgIpc) is 3.34. The smallest absolute Gasteiger partial charge is 0.386 e. The summed E-state index contributed by atoms with van der Waals surface area (Å²) in [5.41, 5.74) is 4.27. The van der Waals surface area contributed by atoms with Crippen LogP contribution < -0.4 is 0 Å². The van der Waals surface area contributed by atoms with Crippen molar-refractivity contribution in [2.75, 3.05) is 0 Å². The molecule has 0 radical (unpaired) electrons. The number of hydrogen-bond acceptors (Lipinski definition) is 5. The third kappa shape index (κ3) is 4.71. The molecule has 4 aromatic heterocycles. The zero-order valence-corrected chi connectivity index (χ0v) is 21.0. The van der Waals surface area contributed by atoms with Gasteiger partial charge in [-0.15, -0.1) is 0 Å². The van der Waals surface area contributed by atoms with Gasteiger partial charge in [-0.3, -0.25) is 9.97 Å². The van der Waals surface area contributed by atoms with E-state index in [1.165, 1.54) is 0 Å². The van der Waals surface area contributed by atoms with Gasteiger partial charge in [0.2, 0.25) is 0 Å². The lowest BCUT2D eigenvalue weighted by Gasteiger charge is -2.23. The van der Waals surface area contributed by atoms with Crippen molar-refractivity contribution < 1.29 is 22.8 Å². The molecule has 0 unspecified atom stereocenters. The Morgan fingerprint density at radius 1 is 1.03 bits per heavy atom. The summed E-state index contributed by atoms with van der Waals surface area (Å²) < 4.78 is 47.6. The predicted octanol–water partition coefficient (Wildman–Crippen LogP) is 7.02. The van der Waals surface area contributed by atoms with Gasteiger partial charge < -0.3 is 14.2 Å². The highest BCUT2D eigenvalue weighted by molar-refractivity contribution is 6.07. The highest BCUT2D eigenvalue weighted by atomic mass is 19.4. The molecule has 0 saturated carbocycles. The number of alkyl halides is 3. The summed E-state index contributed by atoms with van der Waals surface area (Å²) in [7, 11) is 0. The molecule has 0 saturated heterocycles. The summed E-state index contributed by atoms with van der Waals surface area (Å²) in [6, 6.07) is 12.0. The molecule has 0 aliphatic heterocycles. The van der Waals surface area contributed by atoms with E-state index in [1.807, 2.05) is 42.7 Å². The fraction of sp³-hybridized carbons (Fsp3) is 0.321. The van der Waals surface area contributed by atoms with Crippen molar-refractivity contribution in [2.45, 2.75) is 58.4 Å². The number of fused-ring (bicyclic) bond motifs is 3. The highest BCUT2D eigenvalue weighted by Gasteiger charge is 2.31. The van der Waals surface area contributed by atoms with Crippen LogP contribution in [0.1, 0.15) is 55.4 Å². The van der Waals surface area contributed by atoms with Gasteiger partial charge in [-0.1, -0.05) is 23.4 Å². The molecule has 0 fully saturated rings. The first kappa shape index (κ1) is 25.0. The summed E-state index contributed by atoms with van der Waals surface area (Å²) in [4.78, 5) is 9.19. The van der Waals surface area contributed by atoms with Crippen LogP contribution in [0.25, 0.3) is 33.1 Å². The second-order valence-electron chi connectivity index (χ2n) is 9.88. The maximum atomic E-state index is 13.5. The van der Waals surface area contributed by atoms with Gasteiger partial charge in [0.05, 0.1) is 39.6 Å². The predicted molar refractivity (Wildman–Crippen MR) is 135 cm³/mol. The normalized spacial score (nSPS) is 13.5. The second-order valence-corrected chi connectivity index (χ2v) is 9.88. The van der Waals surface area contributed by atoms with Crippen molar-refractivity contribution >= 4 is 21.9 Å². The molecule has 9 heteroatoms. The molecule has 1 aromatic carbocycles. The van der Waals surface area contributed by atoms with Crippen molar-refractivity contribution in [3.63, 3.8) is 0 Å². The molecule has 5 aromatic rings. The number of halogens is 3. The number of aromatic nitrogens is 4. The number of hydrogen-bond donors (Lipinski definition) is 1. The summed E-state index contributed by atoms with van der Waals surface area (Å²) in [6.07, 6.45) is -2.20. The van der Waals surface area contributed by atoms with Crippen LogP contribution in [0.4, 0.5) is 13.2 Å². The average molecular weight is 509 g/mol. The quantitative estimate of drug-likeness (QED) is 0.267. The largest absolute Gasteiger partial charge is 0.389 e. The number of pyridine rings is 2. The topological polar surface area (TPSA) is 77.0 Å². The third-order valence-corrected chi connectivity index (χ3v) is 6.71. The van der Waals surface area contributed by atoms with Crippen LogP contribution in [0.2, 0.25) is 0 Å². The van der Waals surface area contributed by atoms with Gasteiger partial charge in [0, 0.05) is 35.3 Å². The summed E-state index contributed by atoms with van der Waals surface area (Å²) in [6.45, 7) is 7.00. The molecule has 0 amide bonds. The van der Waals surface area contributed by atoms with Crippen LogP contribution in [-0.4, -0.2) is 31.0 Å². The molecule has 1 atom stereocenters. The van der Waals surface area contributed by atoms with E-state index >= 15 is 0 Å². The first-order valence-electron chi connectivity index (χ1n) is 12.0. The molecule has 192 valence electrons. The molecule has 6 nitrogen and oxygen atoms in total. The maximum Gasteiger partial charge on any atom is 0.389 e. The number of nitrogens with zero attached hydrogens (tertiary/aromatic N) is 4. The van der Waals surface area contributed by atoms with E-state index in [0.29, 0.717) is 39.3 Å². The third-order valence-electron chi connectivity index (χ3n) is 6.71. The van der Waals surface area contributed by atoms with Crippen LogP contribution in [0.5, 0.6) is 0 Å². The molecule has 37 heavy (non-hydrogen) atoms. The first-order chi connectivity index (χ1) is 17.4. The van der Waals surface area contributed by atoms with Gasteiger partial charge in [0.1, 0.15) is 5.76 Å². The second kappa shape index (κ2) is 8.99. The van der Waals surface area contributed by atoms with E-state index in [2.05, 4.69) is 10.1 Å². The van der Waals surface area contributed by atoms with Crippen LogP contribution in [0.3, 0.4) is 0 Å². The van der Waals surface area contributed by atoms with Crippen LogP contribution in [-0.2, 0) is 5.60 Å². The Morgan fingerprint density at radius 2 is 1.81 bits per heavy atom. The Labute approximate surface area is 211 Å². The van der Waals surface area contributed by atoms with E-state index in [0.717, 1.165) is 16.5 Å². The van der Waals surface area contributed by atoms with Crippen molar-refractivity contribution in [3.05, 3.63) is 77.6 Å². The SMILES string of the molecule is Cc1noc(C)c1-c1cnc2c3ccc(C(C)(C)O)cc3n([C@@H](CCC(F)(F)F)c3ccccn3)c2c1. The van der Waals surface area contributed by atoms with Crippen molar-refractivity contribution in [2.24, 2.45) is 0 Å². The fourth-order valence-electron chi connectivity index (χ4n) is 4.94. The number of aryl methyl sites for hydroxylation is 2. The van der Waals surface area contributed by atoms with E-state index in [4.69, 9.17) is 9.51 Å². The minimum atomic E-state index is -4.33. The Morgan fingerprint density at radius 3 is 2.43 bits per heavy atom. The van der Waals surface area contributed by atoms with E-state index in [1.54, 1.807) is 44.4 Å². The summed E-state index contributed by atoms with van der Waals surface area (Å²) in [5, 5.41) is 15.5. The standard InChI is InChI=1S/C28H27F3N4O2/c1-16-25(17(2)37-34-16)18-13-24-26(33-15-18)20-9-8-19(27(3,4)36)14-23(20)35(24)22(10-11-28(29,30)31)21-7-5-6-12-32-21/h5-9,12-15,22,36H,10-11H2,1-4H3/t22-/m0/s1. The monoisotopic (exact) mass is 508 g/mol. The Hall–Kier alpha value is -3.72. The van der Waals surface area contributed by atoms with Crippen molar-refractivity contribution in [3.8, 4) is 11.1 Å². The van der Waals surface area contributed by atoms with Gasteiger partial charge in [0.15, 0.2) is 0 Å². The molecule has 0 bridgehead atoms. The van der Waals surface area contributed by atoms with Crippen LogP contribution in [0.15, 0.2) is 59.4 Å². The van der Waals surface area contributed by atoms with E-state index < -0.39 is 24.2 Å². The summed E-state index contributed by atoms with van der Waals surface area (Å²) in [5.74, 6) is 0.629. The summed E-state index contributed by atoms with van der Waals surface area (Å²) >= 11 is 0. The van der Waals surface area contributed by atoms with Gasteiger partial charge in [-0.05, 0) is 63.9 Å². The van der Waals surface area contributed by atoms with Gasteiger partial charge >= 0.3 is 6.18 Å². The molecule has 0 aliphatic carbocycles. The van der Waals surface area contributed by atoms with Gasteiger partial charge in [-0.2, -0.15) is 13.2 Å². The molecular weight excluding hydrogens is 481 g/mol. The Balaban J connectivity index is 1.84. The molecule has 5 rings (SSSR count). The minimum Gasteiger partial charge on any atom is -0.386 e. The molecule has 0 aliphatic rings. The lowest BCUT2D eigenvalue weighted by atomic mass is 9.97. The van der Waals surface area contributed by atoms with E-state index in [-0.39, 0.29) is 6.42 Å². The molecule has 0 spiro atoms. The first-order valence-corrected chi connectivity index (χ1v) is 12.0. The molecule has 1 N–H and O–H groups in total. The number of aliphatic hydroxyl groups is 1. The van der Waals surface area contributed by atoms with Crippen LogP contribution in [0, 0.1) is 13.8 Å². The number of rotatable bonds is 6. The molecule has 4 heterocycles. The molecular formula is C28H27F3N4O2. The zero-order valence-electron chi connectivity index (χ0n) is 21.0. The fourth-order valence-corrected chi connectivity index (χ4v) is 4.94. The van der Waals surface area contributed by atoms with Crippen molar-refractivity contribution in [1.29, 1.82) is 0 Å². The van der Waals surface area contributed by atoms with Gasteiger partial charge in [0.25, 0.3) is 0 Å².